The van der Waals surface area contributed by atoms with Crippen molar-refractivity contribution in [2.45, 2.75) is 150 Å². The molecule has 0 bridgehead atoms. The minimum atomic E-state index is -5.08. The van der Waals surface area contributed by atoms with Gasteiger partial charge in [0.05, 0.1) is 24.2 Å². The van der Waals surface area contributed by atoms with E-state index in [9.17, 15) is 45.5 Å². The summed E-state index contributed by atoms with van der Waals surface area (Å²) in [7, 11) is 0. The van der Waals surface area contributed by atoms with Crippen LogP contribution < -0.4 is 43.4 Å². The predicted octanol–water partition coefficient (Wildman–Crippen LogP) is 2.50. The van der Waals surface area contributed by atoms with Gasteiger partial charge in [-0.25, -0.2) is 19.6 Å². The summed E-state index contributed by atoms with van der Waals surface area (Å²) in [6.07, 6.45) is 2.68. The van der Waals surface area contributed by atoms with Crippen molar-refractivity contribution in [1.82, 2.24) is 31.9 Å². The number of carbonyl (C=O) groups is 6. The Labute approximate surface area is 376 Å². The average Bonchev–Trinajstić information content (AvgIpc) is 3.98. The topological polar surface area (TPSA) is 292 Å². The van der Waals surface area contributed by atoms with Crippen molar-refractivity contribution < 1.29 is 65.3 Å². The van der Waals surface area contributed by atoms with Crippen LogP contribution in [-0.2, 0) is 28.8 Å². The molecule has 4 amide bonds. The van der Waals surface area contributed by atoms with Crippen molar-refractivity contribution in [3.63, 3.8) is 0 Å². The Hall–Kier alpha value is -4.36. The van der Waals surface area contributed by atoms with Gasteiger partial charge in [-0.1, -0.05) is 25.7 Å². The van der Waals surface area contributed by atoms with Crippen molar-refractivity contribution in [3.05, 3.63) is 0 Å². The van der Waals surface area contributed by atoms with Crippen LogP contribution in [0.5, 0.6) is 0 Å². The van der Waals surface area contributed by atoms with Crippen molar-refractivity contribution >= 4 is 71.0 Å². The maximum Gasteiger partial charge on any atom is 0.490 e. The highest BCUT2D eigenvalue weighted by molar-refractivity contribution is 8.00. The van der Waals surface area contributed by atoms with E-state index in [1.807, 2.05) is 23.5 Å². The van der Waals surface area contributed by atoms with Crippen LogP contribution in [0.25, 0.3) is 0 Å². The second-order valence-corrected chi connectivity index (χ2v) is 17.9. The third-order valence-corrected chi connectivity index (χ3v) is 13.1. The molecule has 0 aromatic heterocycles. The summed E-state index contributed by atoms with van der Waals surface area (Å²) in [4.78, 5) is 75.3. The molecule has 4 heterocycles. The van der Waals surface area contributed by atoms with Gasteiger partial charge < -0.3 is 53.6 Å². The summed E-state index contributed by atoms with van der Waals surface area (Å²) in [6.45, 7) is 2.09. The van der Waals surface area contributed by atoms with E-state index in [1.165, 1.54) is 0 Å². The first-order valence-electron chi connectivity index (χ1n) is 21.3. The molecule has 0 spiro atoms. The van der Waals surface area contributed by atoms with E-state index in [1.54, 1.807) is 0 Å². The lowest BCUT2D eigenvalue weighted by Crippen LogP contribution is -2.38. The van der Waals surface area contributed by atoms with Gasteiger partial charge in [0, 0.05) is 73.9 Å². The fourth-order valence-corrected chi connectivity index (χ4v) is 9.93. The molecule has 26 heteroatoms. The van der Waals surface area contributed by atoms with Crippen molar-refractivity contribution in [2.24, 2.45) is 21.5 Å². The van der Waals surface area contributed by atoms with Gasteiger partial charge in [-0.15, -0.1) is 0 Å². The Balaban J connectivity index is 0.000000866. The molecule has 0 aliphatic carbocycles. The zero-order chi connectivity index (χ0) is 47.7. The first-order chi connectivity index (χ1) is 30.2. The van der Waals surface area contributed by atoms with Gasteiger partial charge in [-0.2, -0.15) is 49.9 Å². The second kappa shape index (κ2) is 29.2. The normalized spacial score (nSPS) is 21.8. The number of unbranched alkanes of at least 4 members (excludes halogenated alkanes) is 6. The molecule has 2 saturated heterocycles. The van der Waals surface area contributed by atoms with E-state index in [0.717, 1.165) is 88.6 Å². The third kappa shape index (κ3) is 23.5. The van der Waals surface area contributed by atoms with Crippen LogP contribution in [0, 0.1) is 0 Å². The molecule has 4 aliphatic rings. The molecule has 18 nitrogen and oxygen atoms in total. The molecular weight excluding hydrogens is 903 g/mol. The fraction of sp³-hybridized carbons (Fsp3) is 0.789. The number of thioether (sulfide) groups is 2. The minimum absolute atomic E-state index is 0.0215. The molecule has 0 saturated carbocycles. The van der Waals surface area contributed by atoms with Crippen molar-refractivity contribution in [3.8, 4) is 0 Å². The van der Waals surface area contributed by atoms with Gasteiger partial charge in [0.1, 0.15) is 0 Å². The molecule has 64 heavy (non-hydrogen) atoms. The van der Waals surface area contributed by atoms with Crippen LogP contribution in [0.4, 0.5) is 26.3 Å². The lowest BCUT2D eigenvalue weighted by Gasteiger charge is -2.14. The maximum absolute atomic E-state index is 12.1. The number of nitrogens with two attached hydrogens (primary N) is 2. The molecule has 2 unspecified atom stereocenters. The second-order valence-electron chi connectivity index (χ2n) is 15.4. The Bertz CT molecular complexity index is 1470. The number of nitrogens with one attached hydrogen (secondary N) is 6. The van der Waals surface area contributed by atoms with E-state index in [-0.39, 0.29) is 35.7 Å². The summed E-state index contributed by atoms with van der Waals surface area (Å²) < 4.78 is 63.5. The first kappa shape index (κ1) is 55.8. The van der Waals surface area contributed by atoms with Gasteiger partial charge in [0.25, 0.3) is 0 Å². The van der Waals surface area contributed by atoms with Crippen LogP contribution >= 0.6 is 23.5 Å². The van der Waals surface area contributed by atoms with Crippen LogP contribution in [0.15, 0.2) is 9.98 Å². The Kier molecular flexibility index (Phi) is 25.5. The zero-order valence-electron chi connectivity index (χ0n) is 35.5. The quantitative estimate of drug-likeness (QED) is 0.0465. The van der Waals surface area contributed by atoms with Crippen LogP contribution in [0.3, 0.4) is 0 Å². The molecule has 0 radical (unpaired) electrons. The minimum Gasteiger partial charge on any atom is -0.475 e. The van der Waals surface area contributed by atoms with E-state index < -0.39 is 24.3 Å². The number of rotatable bonds is 25. The SMILES string of the molecule is NC1=N[C@H]2C(CS[C@H]2CCCCC(=O)NCCCCCC(=O)NCCNC(=O)CCCCCNC(=O)CCCC[C@H]2SCC3NC(N)=N[C@@H]32)N1.O=C(O)C(F)(F)F.O=C(O)C(F)(F)F. The highest BCUT2D eigenvalue weighted by atomic mass is 32.2. The van der Waals surface area contributed by atoms with E-state index in [4.69, 9.17) is 31.3 Å². The standard InChI is InChI=1S/C34H60N10O4S2.2C2HF3O2/c35-33-41-23-21-49-25(31(23)43-33)11-5-7-15-27(45)37-17-9-1-3-13-29(47)39-19-20-40-30(48)14-4-2-10-18-38-28(46)16-8-6-12-26-32-24(22-50-26)42-34(36)44-32;2*3-2(4,5)1(6)7/h23-26,31-32H,1-22H2,(H,37,45)(H,38,46)(H,39,47)(H,40,48)(H3,35,41,43)(H3,36,42,44);2*(H,6,7)/t23?,24?,25-,26+,31-,32-;;/m0../s1. The third-order valence-electron chi connectivity index (χ3n) is 10.2. The molecule has 4 rings (SSSR count). The summed E-state index contributed by atoms with van der Waals surface area (Å²) in [5, 5.41) is 33.4. The van der Waals surface area contributed by atoms with E-state index in [0.29, 0.717) is 86.4 Å². The fourth-order valence-electron chi connectivity index (χ4n) is 6.90. The monoisotopic (exact) mass is 964 g/mol. The summed E-state index contributed by atoms with van der Waals surface area (Å²) in [6, 6.07) is 1.30. The number of alkyl halides is 6. The van der Waals surface area contributed by atoms with Gasteiger partial charge in [0.2, 0.25) is 23.6 Å². The highest BCUT2D eigenvalue weighted by Crippen LogP contribution is 2.36. The van der Waals surface area contributed by atoms with Crippen molar-refractivity contribution in [2.75, 3.05) is 37.7 Å². The maximum atomic E-state index is 12.1. The van der Waals surface area contributed by atoms with Crippen molar-refractivity contribution in [1.29, 1.82) is 0 Å². The number of hydrogen-bond acceptors (Lipinski definition) is 14. The molecule has 0 aromatic carbocycles. The number of amides is 4. The van der Waals surface area contributed by atoms with Crippen LogP contribution in [0.2, 0.25) is 0 Å². The van der Waals surface area contributed by atoms with Gasteiger partial charge in [0.15, 0.2) is 11.9 Å². The van der Waals surface area contributed by atoms with Crippen LogP contribution in [0.1, 0.15) is 103 Å². The number of carboxylic acids is 2. The number of nitrogens with zero attached hydrogens (tertiary/aromatic N) is 2. The number of aliphatic imine (C=N–C) groups is 2. The lowest BCUT2D eigenvalue weighted by atomic mass is 10.0. The number of fused-ring (bicyclic) bond motifs is 2. The van der Waals surface area contributed by atoms with Gasteiger partial charge in [-0.05, 0) is 51.4 Å². The molecule has 6 atom stereocenters. The number of carboxylic acid groups (broad SMARTS) is 2. The molecular formula is C38H62F6N10O8S2. The Morgan fingerprint density at radius 3 is 1.14 bits per heavy atom. The molecule has 0 aromatic rings. The highest BCUT2D eigenvalue weighted by Gasteiger charge is 2.41. The number of guanidine groups is 2. The average molecular weight is 965 g/mol. The Morgan fingerprint density at radius 2 is 0.828 bits per heavy atom. The Morgan fingerprint density at radius 1 is 0.531 bits per heavy atom. The first-order valence-corrected chi connectivity index (χ1v) is 23.4. The van der Waals surface area contributed by atoms with Gasteiger partial charge in [-0.3, -0.25) is 19.2 Å². The number of hydrogen-bond donors (Lipinski definition) is 10. The number of aliphatic carboxylic acids is 2. The number of carbonyl (C=O) groups excluding carboxylic acids is 4. The summed E-state index contributed by atoms with van der Waals surface area (Å²) in [5.74, 6) is -2.17. The van der Waals surface area contributed by atoms with E-state index in [2.05, 4.69) is 41.9 Å². The van der Waals surface area contributed by atoms with Crippen LogP contribution in [-0.4, -0.2) is 142 Å². The number of halogens is 6. The molecule has 366 valence electrons. The smallest absolute Gasteiger partial charge is 0.475 e. The largest absolute Gasteiger partial charge is 0.490 e. The molecule has 12 N–H and O–H groups in total. The predicted molar refractivity (Wildman–Crippen MR) is 230 cm³/mol. The van der Waals surface area contributed by atoms with E-state index >= 15 is 0 Å². The molecule has 2 fully saturated rings. The summed E-state index contributed by atoms with van der Waals surface area (Å²) in [5.41, 5.74) is 11.6. The zero-order valence-corrected chi connectivity index (χ0v) is 37.1. The molecule has 4 aliphatic heterocycles. The van der Waals surface area contributed by atoms with Gasteiger partial charge >= 0.3 is 24.3 Å². The lowest BCUT2D eigenvalue weighted by molar-refractivity contribution is -0.193. The summed E-state index contributed by atoms with van der Waals surface area (Å²) >= 11 is 3.90.